The van der Waals surface area contributed by atoms with E-state index in [1.165, 1.54) is 18.7 Å². The molecule has 36 heavy (non-hydrogen) atoms. The fourth-order valence-electron chi connectivity index (χ4n) is 3.26. The van der Waals surface area contributed by atoms with Crippen molar-refractivity contribution in [1.29, 1.82) is 0 Å². The van der Waals surface area contributed by atoms with Gasteiger partial charge in [-0.15, -0.1) is 10.2 Å². The maximum absolute atomic E-state index is 12.5. The Morgan fingerprint density at radius 3 is 2.33 bits per heavy atom. The van der Waals surface area contributed by atoms with E-state index in [2.05, 4.69) is 20.7 Å². The monoisotopic (exact) mass is 519 g/mol. The van der Waals surface area contributed by atoms with Gasteiger partial charge in [-0.05, 0) is 61.0 Å². The normalized spacial score (nSPS) is 11.2. The molecule has 0 bridgehead atoms. The highest BCUT2D eigenvalue weighted by molar-refractivity contribution is 7.99. The number of esters is 1. The first-order valence-corrected chi connectivity index (χ1v) is 12.3. The van der Waals surface area contributed by atoms with Gasteiger partial charge in [-0.25, -0.2) is 5.43 Å². The van der Waals surface area contributed by atoms with Crippen LogP contribution in [0.15, 0.2) is 89.1 Å². The third kappa shape index (κ3) is 6.38. The van der Waals surface area contributed by atoms with Crippen LogP contribution in [-0.4, -0.2) is 38.1 Å². The third-order valence-corrected chi connectivity index (χ3v) is 6.15. The highest BCUT2D eigenvalue weighted by Gasteiger charge is 2.17. The van der Waals surface area contributed by atoms with E-state index in [1.807, 2.05) is 47.0 Å². The Morgan fingerprint density at radius 2 is 1.67 bits per heavy atom. The lowest BCUT2D eigenvalue weighted by Crippen LogP contribution is -2.21. The smallest absolute Gasteiger partial charge is 0.308 e. The standard InChI is InChI=1S/C26H22ClN5O3S/c1-17(19-8-14-23(15-9-19)35-18(2)33)28-29-24(34)16-36-26-31-30-25(20-6-4-3-5-7-20)32(26)22-12-10-21(27)11-13-22/h3-15H,16H2,1-2H3,(H,29,34). The maximum atomic E-state index is 12.5. The lowest BCUT2D eigenvalue weighted by Gasteiger charge is -2.10. The number of hydrogen-bond donors (Lipinski definition) is 1. The molecule has 182 valence electrons. The summed E-state index contributed by atoms with van der Waals surface area (Å²) >= 11 is 7.33. The molecule has 4 rings (SSSR count). The van der Waals surface area contributed by atoms with Crippen LogP contribution in [0.4, 0.5) is 0 Å². The molecule has 8 nitrogen and oxygen atoms in total. The molecular formula is C26H22ClN5O3S. The highest BCUT2D eigenvalue weighted by atomic mass is 35.5. The predicted molar refractivity (Wildman–Crippen MR) is 141 cm³/mol. The zero-order valence-electron chi connectivity index (χ0n) is 19.5. The summed E-state index contributed by atoms with van der Waals surface area (Å²) in [5.41, 5.74) is 5.70. The number of aromatic nitrogens is 3. The molecule has 1 heterocycles. The minimum Gasteiger partial charge on any atom is -0.427 e. The summed E-state index contributed by atoms with van der Waals surface area (Å²) in [6.45, 7) is 3.12. The molecule has 0 fully saturated rings. The first kappa shape index (κ1) is 25.2. The average Bonchev–Trinajstić information content (AvgIpc) is 3.31. The van der Waals surface area contributed by atoms with Crippen molar-refractivity contribution >= 4 is 41.0 Å². The summed E-state index contributed by atoms with van der Waals surface area (Å²) in [5.74, 6) is 0.511. The fraction of sp³-hybridized carbons (Fsp3) is 0.115. The molecule has 1 amide bonds. The van der Waals surface area contributed by atoms with Crippen LogP contribution in [0.1, 0.15) is 19.4 Å². The van der Waals surface area contributed by atoms with Crippen molar-refractivity contribution in [1.82, 2.24) is 20.2 Å². The minimum absolute atomic E-state index is 0.0860. The van der Waals surface area contributed by atoms with Gasteiger partial charge in [0.1, 0.15) is 5.75 Å². The molecule has 0 radical (unpaired) electrons. The highest BCUT2D eigenvalue weighted by Crippen LogP contribution is 2.28. The number of thioether (sulfide) groups is 1. The van der Waals surface area contributed by atoms with E-state index in [1.54, 1.807) is 43.3 Å². The number of nitrogens with zero attached hydrogens (tertiary/aromatic N) is 4. The van der Waals surface area contributed by atoms with Gasteiger partial charge in [0, 0.05) is 23.2 Å². The van der Waals surface area contributed by atoms with Crippen molar-refractivity contribution in [3.63, 3.8) is 0 Å². The molecule has 3 aromatic carbocycles. The Kier molecular flexibility index (Phi) is 8.14. The quantitative estimate of drug-likeness (QED) is 0.114. The minimum atomic E-state index is -0.388. The lowest BCUT2D eigenvalue weighted by molar-refractivity contribution is -0.131. The van der Waals surface area contributed by atoms with E-state index >= 15 is 0 Å². The van der Waals surface area contributed by atoms with Crippen LogP contribution in [0, 0.1) is 0 Å². The number of halogens is 1. The Hall–Kier alpha value is -3.95. The predicted octanol–water partition coefficient (Wildman–Crippen LogP) is 5.15. The van der Waals surface area contributed by atoms with Crippen LogP contribution >= 0.6 is 23.4 Å². The van der Waals surface area contributed by atoms with Crippen LogP contribution in [0.25, 0.3) is 17.1 Å². The number of carbonyl (C=O) groups is 2. The molecule has 0 spiro atoms. The topological polar surface area (TPSA) is 98.5 Å². The van der Waals surface area contributed by atoms with Gasteiger partial charge in [-0.3, -0.25) is 14.2 Å². The molecule has 0 unspecified atom stereocenters. The number of hydrazone groups is 1. The second-order valence-electron chi connectivity index (χ2n) is 7.62. The van der Waals surface area contributed by atoms with Crippen LogP contribution in [0.3, 0.4) is 0 Å². The van der Waals surface area contributed by atoms with E-state index in [-0.39, 0.29) is 17.6 Å². The van der Waals surface area contributed by atoms with Gasteiger partial charge < -0.3 is 4.74 Å². The summed E-state index contributed by atoms with van der Waals surface area (Å²) < 4.78 is 6.92. The first-order chi connectivity index (χ1) is 17.4. The number of ether oxygens (including phenoxy) is 1. The molecular weight excluding hydrogens is 498 g/mol. The summed E-state index contributed by atoms with van der Waals surface area (Å²) in [4.78, 5) is 23.6. The van der Waals surface area contributed by atoms with Crippen molar-refractivity contribution in [2.45, 2.75) is 19.0 Å². The van der Waals surface area contributed by atoms with Crippen molar-refractivity contribution in [3.05, 3.63) is 89.4 Å². The van der Waals surface area contributed by atoms with Crippen molar-refractivity contribution < 1.29 is 14.3 Å². The Balaban J connectivity index is 1.46. The number of amides is 1. The molecule has 0 aliphatic heterocycles. The number of carbonyl (C=O) groups excluding carboxylic acids is 2. The molecule has 1 aromatic heterocycles. The zero-order valence-corrected chi connectivity index (χ0v) is 21.1. The van der Waals surface area contributed by atoms with Crippen molar-refractivity contribution in [2.24, 2.45) is 5.10 Å². The number of rotatable bonds is 8. The van der Waals surface area contributed by atoms with Gasteiger partial charge in [0.2, 0.25) is 0 Å². The van der Waals surface area contributed by atoms with Crippen LogP contribution in [0.5, 0.6) is 5.75 Å². The second-order valence-corrected chi connectivity index (χ2v) is 9.00. The van der Waals surface area contributed by atoms with Crippen LogP contribution in [0.2, 0.25) is 5.02 Å². The van der Waals surface area contributed by atoms with E-state index in [0.717, 1.165) is 16.8 Å². The lowest BCUT2D eigenvalue weighted by atomic mass is 10.1. The number of benzene rings is 3. The fourth-order valence-corrected chi connectivity index (χ4v) is 4.13. The largest absolute Gasteiger partial charge is 0.427 e. The molecule has 1 N–H and O–H groups in total. The van der Waals surface area contributed by atoms with Gasteiger partial charge in [0.15, 0.2) is 11.0 Å². The number of nitrogens with one attached hydrogen (secondary N) is 1. The molecule has 10 heteroatoms. The van der Waals surface area contributed by atoms with Gasteiger partial charge >= 0.3 is 5.97 Å². The van der Waals surface area contributed by atoms with Crippen LogP contribution < -0.4 is 10.2 Å². The molecule has 0 saturated heterocycles. The van der Waals surface area contributed by atoms with Crippen molar-refractivity contribution in [3.8, 4) is 22.8 Å². The van der Waals surface area contributed by atoms with Gasteiger partial charge in [-0.2, -0.15) is 5.10 Å². The molecule has 0 atom stereocenters. The van der Waals surface area contributed by atoms with E-state index in [9.17, 15) is 9.59 Å². The van der Waals surface area contributed by atoms with E-state index in [4.69, 9.17) is 16.3 Å². The second kappa shape index (κ2) is 11.7. The van der Waals surface area contributed by atoms with Gasteiger partial charge in [-0.1, -0.05) is 53.7 Å². The number of hydrogen-bond acceptors (Lipinski definition) is 7. The van der Waals surface area contributed by atoms with Crippen molar-refractivity contribution in [2.75, 3.05) is 5.75 Å². The van der Waals surface area contributed by atoms with Gasteiger partial charge in [0.05, 0.1) is 11.5 Å². The summed E-state index contributed by atoms with van der Waals surface area (Å²) in [6, 6.07) is 23.9. The summed E-state index contributed by atoms with van der Waals surface area (Å²) in [6.07, 6.45) is 0. The molecule has 0 aliphatic rings. The molecule has 0 aliphatic carbocycles. The zero-order chi connectivity index (χ0) is 25.5. The summed E-state index contributed by atoms with van der Waals surface area (Å²) in [7, 11) is 0. The Labute approximate surface area is 217 Å². The molecule has 4 aromatic rings. The van der Waals surface area contributed by atoms with E-state index < -0.39 is 0 Å². The van der Waals surface area contributed by atoms with E-state index in [0.29, 0.717) is 27.5 Å². The average molecular weight is 520 g/mol. The van der Waals surface area contributed by atoms with Crippen LogP contribution in [-0.2, 0) is 9.59 Å². The Morgan fingerprint density at radius 1 is 0.972 bits per heavy atom. The molecule has 0 saturated carbocycles. The SMILES string of the molecule is CC(=O)Oc1ccc(C(C)=NNC(=O)CSc2nnc(-c3ccccc3)n2-c2ccc(Cl)cc2)cc1. The third-order valence-electron chi connectivity index (χ3n) is 4.96. The van der Waals surface area contributed by atoms with Gasteiger partial charge in [0.25, 0.3) is 5.91 Å². The maximum Gasteiger partial charge on any atom is 0.308 e. The first-order valence-electron chi connectivity index (χ1n) is 10.9. The Bertz CT molecular complexity index is 1390. The summed E-state index contributed by atoms with van der Waals surface area (Å²) in [5, 5.41) is 14.1.